The molecule has 2 aromatic carbocycles. The fourth-order valence-corrected chi connectivity index (χ4v) is 11.5. The molecule has 11 heteroatoms. The third-order valence-corrected chi connectivity index (χ3v) is 14.3. The first kappa shape index (κ1) is 39.2. The molecule has 4 bridgehead atoms. The van der Waals surface area contributed by atoms with Gasteiger partial charge in [-0.05, 0) is 98.7 Å². The van der Waals surface area contributed by atoms with E-state index in [2.05, 4.69) is 81.5 Å². The van der Waals surface area contributed by atoms with Gasteiger partial charge in [0.2, 0.25) is 11.8 Å². The van der Waals surface area contributed by atoms with Crippen LogP contribution in [0.4, 0.5) is 5.82 Å². The van der Waals surface area contributed by atoms with Crippen molar-refractivity contribution in [2.75, 3.05) is 83.5 Å². The van der Waals surface area contributed by atoms with Crippen molar-refractivity contribution in [1.82, 2.24) is 34.6 Å². The molecule has 2 aromatic heterocycles. The van der Waals surface area contributed by atoms with Crippen LogP contribution < -0.4 is 10.2 Å². The summed E-state index contributed by atoms with van der Waals surface area (Å²) in [6, 6.07) is 21.2. The van der Waals surface area contributed by atoms with Crippen molar-refractivity contribution in [2.24, 2.45) is 29.6 Å². The second-order valence-corrected chi connectivity index (χ2v) is 18.0. The highest BCUT2D eigenvalue weighted by Gasteiger charge is 2.48. The van der Waals surface area contributed by atoms with Crippen LogP contribution >= 0.6 is 0 Å². The first-order valence-electron chi connectivity index (χ1n) is 22.3. The van der Waals surface area contributed by atoms with Gasteiger partial charge in [0.1, 0.15) is 5.82 Å². The van der Waals surface area contributed by atoms with E-state index >= 15 is 0 Å². The van der Waals surface area contributed by atoms with Gasteiger partial charge in [-0.25, -0.2) is 4.98 Å². The average Bonchev–Trinajstić information content (AvgIpc) is 3.58. The molecule has 4 saturated carbocycles. The number of rotatable bonds is 14. The minimum absolute atomic E-state index is 0.175. The van der Waals surface area contributed by atoms with Gasteiger partial charge in [-0.1, -0.05) is 48.5 Å². The fourth-order valence-electron chi connectivity index (χ4n) is 11.5. The number of nitrogens with zero attached hydrogens (tertiary/aromatic N) is 7. The van der Waals surface area contributed by atoms with Crippen LogP contribution in [0.1, 0.15) is 62.6 Å². The number of benzene rings is 2. The van der Waals surface area contributed by atoms with Gasteiger partial charge in [-0.15, -0.1) is 0 Å². The number of aliphatic hydroxyl groups is 1. The maximum atomic E-state index is 13.3. The van der Waals surface area contributed by atoms with Crippen molar-refractivity contribution >= 4 is 23.3 Å². The maximum Gasteiger partial charge on any atom is 0.222 e. The zero-order chi connectivity index (χ0) is 39.6. The summed E-state index contributed by atoms with van der Waals surface area (Å²) >= 11 is 0. The van der Waals surface area contributed by atoms with Crippen molar-refractivity contribution < 1.29 is 14.7 Å². The van der Waals surface area contributed by atoms with E-state index in [1.807, 2.05) is 15.5 Å². The van der Waals surface area contributed by atoms with Gasteiger partial charge >= 0.3 is 0 Å². The quantitative estimate of drug-likeness (QED) is 0.172. The molecule has 0 spiro atoms. The Morgan fingerprint density at radius 3 is 2.21 bits per heavy atom. The van der Waals surface area contributed by atoms with Gasteiger partial charge in [0.05, 0.1) is 18.0 Å². The molecule has 4 aromatic rings. The largest absolute Gasteiger partial charge is 0.395 e. The Morgan fingerprint density at radius 1 is 0.793 bits per heavy atom. The Bertz CT molecular complexity index is 2020. The monoisotopic (exact) mass is 786 g/mol. The number of anilines is 1. The summed E-state index contributed by atoms with van der Waals surface area (Å²) in [6.45, 7) is 11.2. The van der Waals surface area contributed by atoms with E-state index in [1.165, 1.54) is 37.7 Å². The SMILES string of the molecule is Cc1nn2c(N3CCN(CCO)CC3)cc(-c3cccc(CCCC(=O)N4CCN(CCNC(=O)CC5C6CC7CC(C6)CC5C7)CC4)c3)nc2c1-c1ccccc1. The van der Waals surface area contributed by atoms with Crippen LogP contribution in [0.2, 0.25) is 0 Å². The number of piperazine rings is 2. The Morgan fingerprint density at radius 2 is 1.48 bits per heavy atom. The topological polar surface area (TPSA) is 110 Å². The minimum Gasteiger partial charge on any atom is -0.395 e. The predicted octanol–water partition coefficient (Wildman–Crippen LogP) is 5.53. The molecule has 0 unspecified atom stereocenters. The standard InChI is InChI=1S/C47H62N8O3/c1-33-46(37-9-3-2-4-10-37)47-49-42(32-44(55(47)50-33)53-19-15-52(16-20-53)23-24-56)38-11-5-7-34(26-38)8-6-12-45(58)54-21-17-51(18-22-54)14-13-48-43(57)31-41-39-27-35-25-36(29-39)30-40(41)28-35/h2-5,7,9-11,26,32,35-36,39-41,56H,6,8,12-25,27-31H2,1H3,(H,48,57). The third-order valence-electron chi connectivity index (χ3n) is 14.3. The second-order valence-electron chi connectivity index (χ2n) is 18.0. The first-order valence-corrected chi connectivity index (χ1v) is 22.3. The summed E-state index contributed by atoms with van der Waals surface area (Å²) in [5, 5.41) is 17.8. The summed E-state index contributed by atoms with van der Waals surface area (Å²) < 4.78 is 2.01. The lowest BCUT2D eigenvalue weighted by molar-refractivity contribution is -0.133. The molecule has 6 fully saturated rings. The van der Waals surface area contributed by atoms with E-state index in [4.69, 9.17) is 10.1 Å². The molecule has 4 aliphatic carbocycles. The van der Waals surface area contributed by atoms with E-state index in [1.54, 1.807) is 0 Å². The molecule has 10 rings (SSSR count). The summed E-state index contributed by atoms with van der Waals surface area (Å²) in [6.07, 6.45) is 9.81. The number of aromatic nitrogens is 3. The Balaban J connectivity index is 0.778. The van der Waals surface area contributed by atoms with Gasteiger partial charge < -0.3 is 20.2 Å². The highest BCUT2D eigenvalue weighted by atomic mass is 16.3. The smallest absolute Gasteiger partial charge is 0.222 e. The second kappa shape index (κ2) is 17.5. The van der Waals surface area contributed by atoms with Crippen molar-refractivity contribution in [3.05, 3.63) is 71.9 Å². The average molecular weight is 787 g/mol. The molecule has 0 atom stereocenters. The van der Waals surface area contributed by atoms with Crippen LogP contribution in [0, 0.1) is 36.5 Å². The molecular formula is C47H62N8O3. The highest BCUT2D eigenvalue weighted by molar-refractivity contribution is 5.83. The van der Waals surface area contributed by atoms with E-state index in [0.717, 1.165) is 141 Å². The number of carbonyl (C=O) groups is 2. The molecule has 11 nitrogen and oxygen atoms in total. The number of β-amino-alcohol motifs (C(OH)–C–C–N with tert-alkyl or cyclic N) is 1. The molecule has 2 N–H and O–H groups in total. The Kier molecular flexibility index (Phi) is 11.8. The van der Waals surface area contributed by atoms with Crippen molar-refractivity contribution in [2.45, 2.75) is 64.7 Å². The lowest BCUT2D eigenvalue weighted by atomic mass is 9.51. The first-order chi connectivity index (χ1) is 28.4. The molecule has 58 heavy (non-hydrogen) atoms. The molecule has 2 amide bonds. The lowest BCUT2D eigenvalue weighted by Crippen LogP contribution is -2.50. The predicted molar refractivity (Wildman–Crippen MR) is 228 cm³/mol. The van der Waals surface area contributed by atoms with Crippen molar-refractivity contribution in [3.63, 3.8) is 0 Å². The molecule has 0 radical (unpaired) electrons. The maximum absolute atomic E-state index is 13.3. The number of aliphatic hydroxyl groups excluding tert-OH is 1. The Labute approximate surface area is 343 Å². The molecule has 4 heterocycles. The number of carbonyl (C=O) groups excluding carboxylic acids is 2. The fraction of sp³-hybridized carbons (Fsp3) is 0.574. The van der Waals surface area contributed by atoms with E-state index in [-0.39, 0.29) is 18.4 Å². The summed E-state index contributed by atoms with van der Waals surface area (Å²) in [7, 11) is 0. The van der Waals surface area contributed by atoms with E-state index < -0.39 is 0 Å². The van der Waals surface area contributed by atoms with Gasteiger partial charge in [-0.3, -0.25) is 19.4 Å². The molecule has 6 aliphatic rings. The van der Waals surface area contributed by atoms with E-state index in [9.17, 15) is 14.7 Å². The molecule has 2 saturated heterocycles. The van der Waals surface area contributed by atoms with Crippen LogP contribution in [0.5, 0.6) is 0 Å². The van der Waals surface area contributed by atoms with Crippen LogP contribution in [-0.2, 0) is 16.0 Å². The zero-order valence-electron chi connectivity index (χ0n) is 34.4. The highest BCUT2D eigenvalue weighted by Crippen LogP contribution is 2.57. The number of aryl methyl sites for hydroxylation is 2. The van der Waals surface area contributed by atoms with Crippen LogP contribution in [0.3, 0.4) is 0 Å². The van der Waals surface area contributed by atoms with Crippen LogP contribution in [-0.4, -0.2) is 125 Å². The normalized spacial score (nSPS) is 24.8. The summed E-state index contributed by atoms with van der Waals surface area (Å²) in [5.41, 5.74) is 7.12. The van der Waals surface area contributed by atoms with Crippen molar-refractivity contribution in [1.29, 1.82) is 0 Å². The summed E-state index contributed by atoms with van der Waals surface area (Å²) in [4.78, 5) is 40.6. The number of amides is 2. The Hall–Kier alpha value is -4.32. The number of nitrogens with one attached hydrogen (secondary N) is 1. The van der Waals surface area contributed by atoms with Gasteiger partial charge in [0, 0.05) is 102 Å². The zero-order valence-corrected chi connectivity index (χ0v) is 34.4. The molecule has 308 valence electrons. The molecule has 2 aliphatic heterocycles. The van der Waals surface area contributed by atoms with Gasteiger partial charge in [0.25, 0.3) is 0 Å². The van der Waals surface area contributed by atoms with Crippen LogP contribution in [0.15, 0.2) is 60.7 Å². The van der Waals surface area contributed by atoms with Crippen molar-refractivity contribution in [3.8, 4) is 22.4 Å². The van der Waals surface area contributed by atoms with Crippen LogP contribution in [0.25, 0.3) is 28.0 Å². The minimum atomic E-state index is 0.175. The van der Waals surface area contributed by atoms with E-state index in [0.29, 0.717) is 25.4 Å². The number of hydrogen-bond donors (Lipinski definition) is 2. The van der Waals surface area contributed by atoms with Gasteiger partial charge in [-0.2, -0.15) is 9.61 Å². The number of fused-ring (bicyclic) bond motifs is 1. The lowest BCUT2D eigenvalue weighted by Gasteiger charge is -2.54. The molecular weight excluding hydrogens is 725 g/mol. The van der Waals surface area contributed by atoms with Gasteiger partial charge in [0.15, 0.2) is 5.65 Å². The summed E-state index contributed by atoms with van der Waals surface area (Å²) in [5.74, 6) is 5.61. The third kappa shape index (κ3) is 8.54. The number of hydrogen-bond acceptors (Lipinski definition) is 8.